The first-order valence-electron chi connectivity index (χ1n) is 7.56. The van der Waals surface area contributed by atoms with Crippen LogP contribution < -0.4 is 5.32 Å². The summed E-state index contributed by atoms with van der Waals surface area (Å²) in [6.45, 7) is 10.8. The monoisotopic (exact) mass is 255 g/mol. The van der Waals surface area contributed by atoms with Crippen molar-refractivity contribution in [2.75, 3.05) is 26.3 Å². The van der Waals surface area contributed by atoms with Gasteiger partial charge in [-0.15, -0.1) is 0 Å². The Morgan fingerprint density at radius 1 is 1.28 bits per heavy atom. The van der Waals surface area contributed by atoms with Gasteiger partial charge in [-0.3, -0.25) is 0 Å². The molecule has 0 radical (unpaired) electrons. The van der Waals surface area contributed by atoms with Crippen LogP contribution in [0.3, 0.4) is 0 Å². The van der Waals surface area contributed by atoms with E-state index in [0.29, 0.717) is 23.5 Å². The van der Waals surface area contributed by atoms with Gasteiger partial charge in [0.15, 0.2) is 0 Å². The fourth-order valence-electron chi connectivity index (χ4n) is 3.26. The third kappa shape index (κ3) is 3.46. The molecule has 0 aromatic carbocycles. The summed E-state index contributed by atoms with van der Waals surface area (Å²) < 4.78 is 11.7. The molecule has 0 amide bonds. The van der Waals surface area contributed by atoms with Crippen molar-refractivity contribution in [3.8, 4) is 0 Å². The van der Waals surface area contributed by atoms with Crippen molar-refractivity contribution < 1.29 is 9.47 Å². The molecule has 0 saturated carbocycles. The van der Waals surface area contributed by atoms with E-state index in [2.05, 4.69) is 26.1 Å². The number of rotatable bonds is 6. The summed E-state index contributed by atoms with van der Waals surface area (Å²) >= 11 is 0. The van der Waals surface area contributed by atoms with Crippen LogP contribution in [-0.4, -0.2) is 38.5 Å². The van der Waals surface area contributed by atoms with Crippen LogP contribution in [0.25, 0.3) is 0 Å². The van der Waals surface area contributed by atoms with Crippen LogP contribution >= 0.6 is 0 Å². The molecule has 0 bridgehead atoms. The van der Waals surface area contributed by atoms with E-state index in [-0.39, 0.29) is 0 Å². The van der Waals surface area contributed by atoms with Gasteiger partial charge in [0.2, 0.25) is 0 Å². The molecule has 0 aromatic heterocycles. The van der Waals surface area contributed by atoms with Crippen LogP contribution in [0.5, 0.6) is 0 Å². The van der Waals surface area contributed by atoms with Crippen LogP contribution in [-0.2, 0) is 9.47 Å². The lowest BCUT2D eigenvalue weighted by molar-refractivity contribution is 0.0147. The van der Waals surface area contributed by atoms with Crippen LogP contribution in [0.2, 0.25) is 0 Å². The van der Waals surface area contributed by atoms with E-state index in [1.54, 1.807) is 0 Å². The van der Waals surface area contributed by atoms with Crippen LogP contribution in [0.4, 0.5) is 0 Å². The lowest BCUT2D eigenvalue weighted by atomic mass is 9.76. The van der Waals surface area contributed by atoms with E-state index < -0.39 is 0 Å². The van der Waals surface area contributed by atoms with Gasteiger partial charge in [0.05, 0.1) is 12.2 Å². The lowest BCUT2D eigenvalue weighted by Crippen LogP contribution is -2.42. The second-order valence-corrected chi connectivity index (χ2v) is 6.49. The van der Waals surface area contributed by atoms with Gasteiger partial charge in [-0.05, 0) is 45.1 Å². The third-order valence-corrected chi connectivity index (χ3v) is 4.52. The van der Waals surface area contributed by atoms with Crippen molar-refractivity contribution in [3.63, 3.8) is 0 Å². The normalized spacial score (nSPS) is 36.7. The van der Waals surface area contributed by atoms with Crippen LogP contribution in [0.15, 0.2) is 0 Å². The van der Waals surface area contributed by atoms with Crippen LogP contribution in [0, 0.1) is 11.3 Å². The second-order valence-electron chi connectivity index (χ2n) is 6.49. The first kappa shape index (κ1) is 14.3. The molecular weight excluding hydrogens is 226 g/mol. The van der Waals surface area contributed by atoms with E-state index in [0.717, 1.165) is 26.3 Å². The molecule has 1 N–H and O–H groups in total. The number of hydrogen-bond donors (Lipinski definition) is 1. The predicted molar refractivity (Wildman–Crippen MR) is 73.8 cm³/mol. The smallest absolute Gasteiger partial charge is 0.0617 e. The topological polar surface area (TPSA) is 30.5 Å². The van der Waals surface area contributed by atoms with Gasteiger partial charge in [-0.2, -0.15) is 0 Å². The predicted octanol–water partition coefficient (Wildman–Crippen LogP) is 2.60. The maximum absolute atomic E-state index is 5.84. The van der Waals surface area contributed by atoms with Crippen molar-refractivity contribution in [1.82, 2.24) is 5.32 Å². The molecule has 2 aliphatic rings. The fourth-order valence-corrected chi connectivity index (χ4v) is 3.26. The highest BCUT2D eigenvalue weighted by atomic mass is 16.5. The highest BCUT2D eigenvalue weighted by molar-refractivity contribution is 4.94. The number of nitrogens with one attached hydrogen (secondary N) is 1. The maximum Gasteiger partial charge on any atom is 0.0617 e. The summed E-state index contributed by atoms with van der Waals surface area (Å²) in [5.41, 5.74) is 0.296. The zero-order valence-corrected chi connectivity index (χ0v) is 12.2. The fraction of sp³-hybridized carbons (Fsp3) is 1.00. The van der Waals surface area contributed by atoms with E-state index in [4.69, 9.17) is 9.47 Å². The average Bonchev–Trinajstić information content (AvgIpc) is 2.91. The van der Waals surface area contributed by atoms with E-state index in [9.17, 15) is 0 Å². The molecule has 2 aliphatic heterocycles. The molecule has 0 spiro atoms. The molecular formula is C15H29NO2. The molecule has 3 atom stereocenters. The summed E-state index contributed by atoms with van der Waals surface area (Å²) in [6.07, 6.45) is 5.64. The van der Waals surface area contributed by atoms with Crippen LogP contribution in [0.1, 0.15) is 46.5 Å². The van der Waals surface area contributed by atoms with Gasteiger partial charge >= 0.3 is 0 Å². The van der Waals surface area contributed by atoms with Crippen molar-refractivity contribution in [1.29, 1.82) is 0 Å². The van der Waals surface area contributed by atoms with Crippen molar-refractivity contribution in [3.05, 3.63) is 0 Å². The van der Waals surface area contributed by atoms with Gasteiger partial charge < -0.3 is 14.8 Å². The molecule has 2 saturated heterocycles. The first-order valence-corrected chi connectivity index (χ1v) is 7.56. The van der Waals surface area contributed by atoms with E-state index in [1.807, 2.05) is 0 Å². The van der Waals surface area contributed by atoms with Gasteiger partial charge in [0.1, 0.15) is 0 Å². The Morgan fingerprint density at radius 3 is 2.67 bits per heavy atom. The second kappa shape index (κ2) is 6.36. The summed E-state index contributed by atoms with van der Waals surface area (Å²) in [7, 11) is 0. The van der Waals surface area contributed by atoms with Crippen molar-refractivity contribution in [2.24, 2.45) is 11.3 Å². The number of ether oxygens (including phenoxy) is 2. The van der Waals surface area contributed by atoms with Gasteiger partial charge in [0.25, 0.3) is 0 Å². The molecule has 3 unspecified atom stereocenters. The SMILES string of the molecule is CC(C)CNCC1(CC2CCCO2)CCOC1C. The minimum atomic E-state index is 0.296. The highest BCUT2D eigenvalue weighted by Gasteiger charge is 2.43. The molecule has 18 heavy (non-hydrogen) atoms. The highest BCUT2D eigenvalue weighted by Crippen LogP contribution is 2.40. The molecule has 3 nitrogen and oxygen atoms in total. The molecule has 0 aromatic rings. The quantitative estimate of drug-likeness (QED) is 0.791. The zero-order valence-electron chi connectivity index (χ0n) is 12.2. The Bertz CT molecular complexity index is 251. The standard InChI is InChI=1S/C15H29NO2/c1-12(2)10-16-11-15(6-8-17-13(15)3)9-14-5-4-7-18-14/h12-14,16H,4-11H2,1-3H3. The van der Waals surface area contributed by atoms with Gasteiger partial charge in [-0.25, -0.2) is 0 Å². The molecule has 106 valence electrons. The molecule has 2 heterocycles. The zero-order chi connectivity index (χ0) is 13.0. The Morgan fingerprint density at radius 2 is 2.11 bits per heavy atom. The third-order valence-electron chi connectivity index (χ3n) is 4.52. The Labute approximate surface area is 112 Å². The largest absolute Gasteiger partial charge is 0.378 e. The minimum absolute atomic E-state index is 0.296. The molecule has 0 aliphatic carbocycles. The summed E-state index contributed by atoms with van der Waals surface area (Å²) in [5, 5.41) is 3.64. The Kier molecular flexibility index (Phi) is 5.05. The molecule has 3 heteroatoms. The Balaban J connectivity index is 1.90. The van der Waals surface area contributed by atoms with Crippen molar-refractivity contribution in [2.45, 2.75) is 58.7 Å². The average molecular weight is 255 g/mol. The number of hydrogen-bond acceptors (Lipinski definition) is 3. The first-order chi connectivity index (χ1) is 8.62. The van der Waals surface area contributed by atoms with Crippen molar-refractivity contribution >= 4 is 0 Å². The maximum atomic E-state index is 5.84. The summed E-state index contributed by atoms with van der Waals surface area (Å²) in [4.78, 5) is 0. The molecule has 2 rings (SSSR count). The van der Waals surface area contributed by atoms with Gasteiger partial charge in [0, 0.05) is 25.2 Å². The summed E-state index contributed by atoms with van der Waals surface area (Å²) in [5.74, 6) is 0.711. The summed E-state index contributed by atoms with van der Waals surface area (Å²) in [6, 6.07) is 0. The minimum Gasteiger partial charge on any atom is -0.378 e. The van der Waals surface area contributed by atoms with E-state index in [1.165, 1.54) is 25.7 Å². The Hall–Kier alpha value is -0.120. The van der Waals surface area contributed by atoms with Gasteiger partial charge in [-0.1, -0.05) is 13.8 Å². The lowest BCUT2D eigenvalue weighted by Gasteiger charge is -2.35. The van der Waals surface area contributed by atoms with E-state index >= 15 is 0 Å². The molecule has 2 fully saturated rings.